The lowest BCUT2D eigenvalue weighted by Gasteiger charge is -2.16. The van der Waals surface area contributed by atoms with Gasteiger partial charge in [0.1, 0.15) is 18.3 Å². The molecule has 3 heterocycles. The Hall–Kier alpha value is -2.08. The molecule has 0 spiro atoms. The zero-order valence-electron chi connectivity index (χ0n) is 10.5. The molecule has 6 N–H and O–H groups in total. The Morgan fingerprint density at radius 3 is 2.71 bits per heavy atom. The van der Waals surface area contributed by atoms with E-state index in [1.165, 1.54) is 0 Å². The molecule has 0 unspecified atom stereocenters. The van der Waals surface area contributed by atoms with Crippen LogP contribution in [-0.4, -0.2) is 59.8 Å². The molecule has 0 amide bonds. The minimum absolute atomic E-state index is 0.233. The van der Waals surface area contributed by atoms with E-state index in [1.54, 1.807) is 0 Å². The molecule has 1 aliphatic heterocycles. The summed E-state index contributed by atoms with van der Waals surface area (Å²) < 4.78 is 19.9. The quantitative estimate of drug-likeness (QED) is 0.379. The number of rotatable bonds is 2. The summed E-state index contributed by atoms with van der Waals surface area (Å²) in [6, 6.07) is 0. The van der Waals surface area contributed by atoms with Gasteiger partial charge in [-0.25, -0.2) is 0 Å². The minimum Gasteiger partial charge on any atom is -0.394 e. The van der Waals surface area contributed by atoms with Crippen LogP contribution < -0.4 is 11.3 Å². The number of halogens is 1. The van der Waals surface area contributed by atoms with E-state index in [0.29, 0.717) is 4.57 Å². The molecule has 0 aromatic carbocycles. The number of ether oxygens (including phenoxy) is 1. The number of imidazole rings is 1. The van der Waals surface area contributed by atoms with Crippen LogP contribution in [-0.2, 0) is 4.74 Å². The second-order valence-corrected chi connectivity index (χ2v) is 4.60. The summed E-state index contributed by atoms with van der Waals surface area (Å²) >= 11 is 0. The lowest BCUT2D eigenvalue weighted by molar-refractivity contribution is -0.0557. The van der Waals surface area contributed by atoms with Gasteiger partial charge in [0.2, 0.25) is 5.95 Å². The largest absolute Gasteiger partial charge is 0.394 e. The first-order chi connectivity index (χ1) is 9.93. The Balaban J connectivity index is 2.17. The molecule has 11 heteroatoms. The van der Waals surface area contributed by atoms with E-state index in [1.807, 2.05) is 0 Å². The maximum atomic E-state index is 14.0. The number of H-pyrrole nitrogens is 1. The summed E-state index contributed by atoms with van der Waals surface area (Å²) in [6.45, 7) is -0.570. The number of nitrogens with zero attached hydrogens (tertiary/aromatic N) is 3. The van der Waals surface area contributed by atoms with Crippen LogP contribution in [0.25, 0.3) is 11.2 Å². The van der Waals surface area contributed by atoms with Gasteiger partial charge in [-0.3, -0.25) is 14.3 Å². The lowest BCUT2D eigenvalue weighted by Crippen LogP contribution is -2.33. The van der Waals surface area contributed by atoms with Crippen LogP contribution in [0, 0.1) is 6.08 Å². The van der Waals surface area contributed by atoms with Crippen molar-refractivity contribution < 1.29 is 24.4 Å². The Labute approximate surface area is 115 Å². The van der Waals surface area contributed by atoms with Crippen molar-refractivity contribution in [1.29, 1.82) is 0 Å². The number of nitrogens with two attached hydrogens (primary N) is 1. The van der Waals surface area contributed by atoms with Gasteiger partial charge in [0.15, 0.2) is 17.4 Å². The molecular weight excluding hydrogens is 288 g/mol. The Morgan fingerprint density at radius 2 is 2.10 bits per heavy atom. The topological polar surface area (TPSA) is 160 Å². The fourth-order valence-corrected chi connectivity index (χ4v) is 2.29. The molecular formula is C10H12FN5O5. The van der Waals surface area contributed by atoms with E-state index in [4.69, 9.17) is 15.6 Å². The third-order valence-electron chi connectivity index (χ3n) is 3.30. The van der Waals surface area contributed by atoms with Gasteiger partial charge in [-0.05, 0) is 0 Å². The second kappa shape index (κ2) is 4.73. The molecule has 1 saturated heterocycles. The van der Waals surface area contributed by atoms with E-state index in [-0.39, 0.29) is 17.1 Å². The van der Waals surface area contributed by atoms with E-state index >= 15 is 0 Å². The van der Waals surface area contributed by atoms with E-state index < -0.39 is 42.8 Å². The van der Waals surface area contributed by atoms with Gasteiger partial charge in [-0.15, -0.1) is 0 Å². The first kappa shape index (κ1) is 13.9. The second-order valence-electron chi connectivity index (χ2n) is 4.60. The molecule has 10 nitrogen and oxygen atoms in total. The van der Waals surface area contributed by atoms with Gasteiger partial charge in [0.05, 0.1) is 6.61 Å². The predicted octanol–water partition coefficient (Wildman–Crippen LogP) is -2.55. The van der Waals surface area contributed by atoms with Crippen LogP contribution in [0.2, 0.25) is 0 Å². The molecule has 0 bridgehead atoms. The van der Waals surface area contributed by atoms with Crippen molar-refractivity contribution in [3.8, 4) is 0 Å². The number of nitrogens with one attached hydrogen (secondary N) is 1. The van der Waals surface area contributed by atoms with Gasteiger partial charge < -0.3 is 25.8 Å². The normalized spacial score (nSPS) is 29.3. The molecule has 21 heavy (non-hydrogen) atoms. The molecule has 114 valence electrons. The van der Waals surface area contributed by atoms with Crippen molar-refractivity contribution in [2.45, 2.75) is 24.5 Å². The first-order valence-electron chi connectivity index (χ1n) is 5.99. The molecule has 0 saturated carbocycles. The van der Waals surface area contributed by atoms with Crippen LogP contribution in [0.1, 0.15) is 6.23 Å². The van der Waals surface area contributed by atoms with E-state index in [0.717, 1.165) is 0 Å². The van der Waals surface area contributed by atoms with E-state index in [9.17, 15) is 19.4 Å². The van der Waals surface area contributed by atoms with Crippen LogP contribution >= 0.6 is 0 Å². The first-order valence-corrected chi connectivity index (χ1v) is 5.99. The molecule has 1 aliphatic rings. The third kappa shape index (κ3) is 1.98. The van der Waals surface area contributed by atoms with Gasteiger partial charge >= 0.3 is 0 Å². The summed E-state index contributed by atoms with van der Waals surface area (Å²) in [5, 5.41) is 28.6. The Morgan fingerprint density at radius 1 is 1.38 bits per heavy atom. The van der Waals surface area contributed by atoms with Gasteiger partial charge in [0, 0.05) is 0 Å². The van der Waals surface area contributed by atoms with Crippen molar-refractivity contribution >= 4 is 17.1 Å². The fraction of sp³-hybridized carbons (Fsp3) is 0.500. The smallest absolute Gasteiger partial charge is 0.293 e. The average Bonchev–Trinajstić information content (AvgIpc) is 2.89. The van der Waals surface area contributed by atoms with Crippen molar-refractivity contribution in [3.63, 3.8) is 0 Å². The number of aliphatic hydroxyl groups is 3. The molecule has 4 atom stereocenters. The zero-order valence-corrected chi connectivity index (χ0v) is 10.5. The number of aliphatic hydroxyl groups excluding tert-OH is 3. The van der Waals surface area contributed by atoms with Crippen LogP contribution in [0.5, 0.6) is 0 Å². The number of aromatic nitrogens is 4. The number of anilines is 1. The summed E-state index contributed by atoms with van der Waals surface area (Å²) in [5.41, 5.74) is 4.09. The maximum Gasteiger partial charge on any atom is 0.293 e. The molecule has 0 aliphatic carbocycles. The predicted molar refractivity (Wildman–Crippen MR) is 65.5 cm³/mol. The maximum absolute atomic E-state index is 14.0. The summed E-state index contributed by atoms with van der Waals surface area (Å²) in [4.78, 5) is 21.0. The van der Waals surface area contributed by atoms with Crippen LogP contribution in [0.3, 0.4) is 0 Å². The molecule has 0 radical (unpaired) electrons. The summed E-state index contributed by atoms with van der Waals surface area (Å²) in [6.07, 6.45) is -6.58. The highest BCUT2D eigenvalue weighted by Gasteiger charge is 2.45. The fourth-order valence-electron chi connectivity index (χ4n) is 2.29. The third-order valence-corrected chi connectivity index (χ3v) is 3.30. The number of aromatic amines is 1. The highest BCUT2D eigenvalue weighted by molar-refractivity contribution is 5.70. The molecule has 2 aromatic heterocycles. The van der Waals surface area contributed by atoms with Gasteiger partial charge in [0.25, 0.3) is 11.6 Å². The standard InChI is InChI=1S/C10H12FN5O5/c11-9-13-3-6(14-10(12)15-7(3)20)16(9)8-5(19)4(18)2(1-17)21-8/h2,4-5,8,17-19H,1H2,(H3,12,14,15,20)/t2-,4-,5-,8-/m1/s1/i11-1. The number of hydrogen-bond donors (Lipinski definition) is 5. The monoisotopic (exact) mass is 300 g/mol. The molecule has 1 fully saturated rings. The summed E-state index contributed by atoms with van der Waals surface area (Å²) in [5.74, 6) is -0.264. The summed E-state index contributed by atoms with van der Waals surface area (Å²) in [7, 11) is 0. The van der Waals surface area contributed by atoms with Crippen molar-refractivity contribution in [2.75, 3.05) is 12.3 Å². The SMILES string of the molecule is Nc1nc2c(nc([18F])n2[C@@H]2O[C@H](CO)[C@@H](O)[C@H]2O)c(=O)[nH]1. The Kier molecular flexibility index (Phi) is 3.13. The number of fused-ring (bicyclic) bond motifs is 1. The molecule has 3 rings (SSSR count). The van der Waals surface area contributed by atoms with Crippen molar-refractivity contribution in [1.82, 2.24) is 19.5 Å². The van der Waals surface area contributed by atoms with E-state index in [2.05, 4.69) is 15.0 Å². The highest BCUT2D eigenvalue weighted by atomic mass is 18.2. The molecule has 2 aromatic rings. The van der Waals surface area contributed by atoms with Crippen LogP contribution in [0.4, 0.5) is 10.3 Å². The van der Waals surface area contributed by atoms with Crippen LogP contribution in [0.15, 0.2) is 4.79 Å². The number of nitrogen functional groups attached to an aromatic ring is 1. The zero-order chi connectivity index (χ0) is 15.3. The van der Waals surface area contributed by atoms with Gasteiger partial charge in [-0.2, -0.15) is 14.4 Å². The number of hydrogen-bond acceptors (Lipinski definition) is 8. The highest BCUT2D eigenvalue weighted by Crippen LogP contribution is 2.31. The van der Waals surface area contributed by atoms with Crippen molar-refractivity contribution in [2.24, 2.45) is 0 Å². The average molecular weight is 300 g/mol. The minimum atomic E-state index is -1.53. The van der Waals surface area contributed by atoms with Crippen molar-refractivity contribution in [3.05, 3.63) is 16.4 Å². The lowest BCUT2D eigenvalue weighted by atomic mass is 10.1. The van der Waals surface area contributed by atoms with Gasteiger partial charge in [-0.1, -0.05) is 0 Å². The Bertz CT molecular complexity index is 745.